The Hall–Kier alpha value is -6.65. The van der Waals surface area contributed by atoms with E-state index in [2.05, 4.69) is 126 Å². The van der Waals surface area contributed by atoms with Crippen LogP contribution in [-0.2, 0) is 0 Å². The Labute approximate surface area is 282 Å². The van der Waals surface area contributed by atoms with Crippen LogP contribution in [0.4, 0.5) is 17.1 Å². The van der Waals surface area contributed by atoms with Crippen LogP contribution in [-0.4, -0.2) is 4.98 Å². The first kappa shape index (κ1) is 27.5. The second-order valence-corrected chi connectivity index (χ2v) is 12.4. The largest absolute Gasteiger partial charge is 0.456 e. The molecule has 2 heterocycles. The monoisotopic (exact) mass is 628 g/mol. The van der Waals surface area contributed by atoms with E-state index in [-0.39, 0.29) is 0 Å². The summed E-state index contributed by atoms with van der Waals surface area (Å²) in [4.78, 5) is 7.18. The summed E-state index contributed by atoms with van der Waals surface area (Å²) in [6.45, 7) is 0. The predicted molar refractivity (Wildman–Crippen MR) is 202 cm³/mol. The molecule has 4 heteroatoms. The van der Waals surface area contributed by atoms with Gasteiger partial charge in [-0.2, -0.15) is 0 Å². The van der Waals surface area contributed by atoms with Gasteiger partial charge in [-0.05, 0) is 100 Å². The predicted octanol–water partition coefficient (Wildman–Crippen LogP) is 12.8. The zero-order chi connectivity index (χ0) is 32.3. The van der Waals surface area contributed by atoms with E-state index in [0.29, 0.717) is 5.89 Å². The molecule has 0 amide bonds. The maximum atomic E-state index is 6.51. The van der Waals surface area contributed by atoms with Crippen LogP contribution in [0.2, 0.25) is 0 Å². The minimum Gasteiger partial charge on any atom is -0.456 e. The van der Waals surface area contributed by atoms with Crippen molar-refractivity contribution in [3.8, 4) is 22.6 Å². The van der Waals surface area contributed by atoms with Gasteiger partial charge in [0, 0.05) is 38.8 Å². The molecule has 0 unspecified atom stereocenters. The van der Waals surface area contributed by atoms with E-state index < -0.39 is 0 Å². The Morgan fingerprint density at radius 2 is 1.06 bits per heavy atom. The number of furan rings is 1. The lowest BCUT2D eigenvalue weighted by atomic mass is 9.99. The summed E-state index contributed by atoms with van der Waals surface area (Å²) < 4.78 is 12.6. The van der Waals surface area contributed by atoms with Crippen molar-refractivity contribution in [3.05, 3.63) is 170 Å². The summed E-state index contributed by atoms with van der Waals surface area (Å²) in [5, 5.41) is 6.71. The van der Waals surface area contributed by atoms with Gasteiger partial charge in [0.25, 0.3) is 0 Å². The molecule has 0 saturated heterocycles. The van der Waals surface area contributed by atoms with E-state index in [0.717, 1.165) is 88.3 Å². The summed E-state index contributed by atoms with van der Waals surface area (Å²) in [5.41, 5.74) is 9.94. The lowest BCUT2D eigenvalue weighted by Crippen LogP contribution is -2.09. The SMILES string of the molecule is c1ccc(-c2nc3ccc4ccc5ccc(N(c6ccccc6)c6ccc(-c7ccc8oc9ccccc9c8c7)cc6)cc5c4c3o2)cc1. The molecule has 0 aliphatic heterocycles. The van der Waals surface area contributed by atoms with Crippen molar-refractivity contribution in [1.82, 2.24) is 4.98 Å². The molecular formula is C45H28N2O2. The van der Waals surface area contributed by atoms with Crippen LogP contribution in [0.1, 0.15) is 0 Å². The van der Waals surface area contributed by atoms with Crippen molar-refractivity contribution in [2.75, 3.05) is 4.90 Å². The first-order valence-electron chi connectivity index (χ1n) is 16.5. The highest BCUT2D eigenvalue weighted by molar-refractivity contribution is 6.18. The number of fused-ring (bicyclic) bond motifs is 8. The smallest absolute Gasteiger partial charge is 0.227 e. The molecule has 0 spiro atoms. The Morgan fingerprint density at radius 1 is 0.408 bits per heavy atom. The van der Waals surface area contributed by atoms with Gasteiger partial charge in [-0.3, -0.25) is 0 Å². The van der Waals surface area contributed by atoms with Crippen molar-refractivity contribution in [3.63, 3.8) is 0 Å². The van der Waals surface area contributed by atoms with Gasteiger partial charge in [0.1, 0.15) is 16.7 Å². The number of oxazole rings is 1. The average Bonchev–Trinajstić information content (AvgIpc) is 3.78. The molecule has 0 radical (unpaired) electrons. The van der Waals surface area contributed by atoms with E-state index in [4.69, 9.17) is 13.8 Å². The van der Waals surface area contributed by atoms with Crippen LogP contribution >= 0.6 is 0 Å². The van der Waals surface area contributed by atoms with Crippen molar-refractivity contribution < 1.29 is 8.83 Å². The molecule has 0 saturated carbocycles. The first-order chi connectivity index (χ1) is 24.3. The average molecular weight is 629 g/mol. The molecule has 4 nitrogen and oxygen atoms in total. The zero-order valence-electron chi connectivity index (χ0n) is 26.4. The van der Waals surface area contributed by atoms with Crippen LogP contribution < -0.4 is 4.90 Å². The fourth-order valence-corrected chi connectivity index (χ4v) is 7.09. The second-order valence-electron chi connectivity index (χ2n) is 12.4. The Morgan fingerprint density at radius 3 is 1.92 bits per heavy atom. The van der Waals surface area contributed by atoms with E-state index >= 15 is 0 Å². The highest BCUT2D eigenvalue weighted by Crippen LogP contribution is 2.41. The molecule has 0 aliphatic carbocycles. The van der Waals surface area contributed by atoms with Crippen LogP contribution in [0.25, 0.3) is 77.2 Å². The number of hydrogen-bond acceptors (Lipinski definition) is 4. The lowest BCUT2D eigenvalue weighted by Gasteiger charge is -2.26. The minimum atomic E-state index is 0.627. The number of nitrogens with zero attached hydrogens (tertiary/aromatic N) is 2. The topological polar surface area (TPSA) is 42.4 Å². The number of hydrogen-bond donors (Lipinski definition) is 0. The number of para-hydroxylation sites is 2. The highest BCUT2D eigenvalue weighted by Gasteiger charge is 2.17. The van der Waals surface area contributed by atoms with Crippen LogP contribution in [0.3, 0.4) is 0 Å². The summed E-state index contributed by atoms with van der Waals surface area (Å²) in [5.74, 6) is 0.627. The maximum absolute atomic E-state index is 6.51. The van der Waals surface area contributed by atoms with Gasteiger partial charge in [-0.25, -0.2) is 4.98 Å². The summed E-state index contributed by atoms with van der Waals surface area (Å²) in [7, 11) is 0. The fourth-order valence-electron chi connectivity index (χ4n) is 7.09. The normalized spacial score (nSPS) is 11.7. The van der Waals surface area contributed by atoms with E-state index in [9.17, 15) is 0 Å². The minimum absolute atomic E-state index is 0.627. The second kappa shape index (κ2) is 11.0. The molecule has 49 heavy (non-hydrogen) atoms. The Kier molecular flexibility index (Phi) is 6.15. The molecular weight excluding hydrogens is 601 g/mol. The summed E-state index contributed by atoms with van der Waals surface area (Å²) in [6.07, 6.45) is 0. The van der Waals surface area contributed by atoms with Crippen molar-refractivity contribution in [2.45, 2.75) is 0 Å². The Bertz CT molecular complexity index is 2820. The molecule has 10 rings (SSSR count). The highest BCUT2D eigenvalue weighted by atomic mass is 16.3. The van der Waals surface area contributed by atoms with Gasteiger partial charge in [0.05, 0.1) is 0 Å². The van der Waals surface area contributed by atoms with Crippen molar-refractivity contribution in [1.29, 1.82) is 0 Å². The number of aromatic nitrogens is 1. The third kappa shape index (κ3) is 4.57. The molecule has 10 aromatic rings. The first-order valence-corrected chi connectivity index (χ1v) is 16.5. The molecule has 0 fully saturated rings. The fraction of sp³-hybridized carbons (Fsp3) is 0. The number of benzene rings is 8. The molecule has 0 N–H and O–H groups in total. The molecule has 0 aliphatic rings. The third-order valence-electron chi connectivity index (χ3n) is 9.47. The van der Waals surface area contributed by atoms with Crippen LogP contribution in [0.5, 0.6) is 0 Å². The maximum Gasteiger partial charge on any atom is 0.227 e. The summed E-state index contributed by atoms with van der Waals surface area (Å²) in [6, 6.07) is 59.3. The zero-order valence-corrected chi connectivity index (χ0v) is 26.4. The van der Waals surface area contributed by atoms with Crippen LogP contribution in [0, 0.1) is 0 Å². The quantitative estimate of drug-likeness (QED) is 0.178. The van der Waals surface area contributed by atoms with E-state index in [1.54, 1.807) is 0 Å². The van der Waals surface area contributed by atoms with Gasteiger partial charge in [-0.1, -0.05) is 97.1 Å². The Balaban J connectivity index is 1.11. The third-order valence-corrected chi connectivity index (χ3v) is 9.47. The van der Waals surface area contributed by atoms with Gasteiger partial charge in [-0.15, -0.1) is 0 Å². The molecule has 8 aromatic carbocycles. The van der Waals surface area contributed by atoms with Gasteiger partial charge in [0.15, 0.2) is 5.58 Å². The molecule has 0 atom stereocenters. The van der Waals surface area contributed by atoms with E-state index in [1.807, 2.05) is 48.5 Å². The molecule has 0 bridgehead atoms. The van der Waals surface area contributed by atoms with Crippen molar-refractivity contribution in [2.24, 2.45) is 0 Å². The van der Waals surface area contributed by atoms with E-state index in [1.165, 1.54) is 0 Å². The summed E-state index contributed by atoms with van der Waals surface area (Å²) >= 11 is 0. The lowest BCUT2D eigenvalue weighted by molar-refractivity contribution is 0.623. The molecule has 230 valence electrons. The van der Waals surface area contributed by atoms with Gasteiger partial charge >= 0.3 is 0 Å². The number of anilines is 3. The van der Waals surface area contributed by atoms with Gasteiger partial charge < -0.3 is 13.7 Å². The standard InChI is InChI=1S/C45H28N2O2/c1-3-9-32(10-4-1)45-46-40-25-20-31-16-15-30-19-24-36(28-38(30)43(31)44(40)49-45)47(34-11-5-2-6-12-34)35-22-17-29(18-23-35)33-21-26-42-39(27-33)37-13-7-8-14-41(37)48-42/h1-28H. The number of rotatable bonds is 5. The van der Waals surface area contributed by atoms with Crippen LogP contribution in [0.15, 0.2) is 179 Å². The van der Waals surface area contributed by atoms with Gasteiger partial charge in [0.2, 0.25) is 5.89 Å². The molecule has 2 aromatic heterocycles. The van der Waals surface area contributed by atoms with Crippen molar-refractivity contribution >= 4 is 71.6 Å².